The Morgan fingerprint density at radius 2 is 2.08 bits per heavy atom. The number of rotatable bonds is 4. The molecule has 1 aromatic carbocycles. The first-order valence-electron chi connectivity index (χ1n) is 8.81. The van der Waals surface area contributed by atoms with Gasteiger partial charge in [-0.1, -0.05) is 19.1 Å². The van der Waals surface area contributed by atoms with Crippen LogP contribution in [0.3, 0.4) is 0 Å². The van der Waals surface area contributed by atoms with Crippen LogP contribution in [0, 0.1) is 6.92 Å². The maximum absolute atomic E-state index is 12.2. The molecule has 3 rings (SSSR count). The molecule has 5 nitrogen and oxygen atoms in total. The second-order valence-corrected chi connectivity index (χ2v) is 6.66. The Labute approximate surface area is 143 Å². The van der Waals surface area contributed by atoms with Gasteiger partial charge in [0.1, 0.15) is 0 Å². The Morgan fingerprint density at radius 1 is 1.29 bits per heavy atom. The Kier molecular flexibility index (Phi) is 5.18. The lowest BCUT2D eigenvalue weighted by Gasteiger charge is -2.29. The van der Waals surface area contributed by atoms with Crippen molar-refractivity contribution in [3.05, 3.63) is 47.8 Å². The monoisotopic (exact) mass is 326 g/mol. The molecule has 1 fully saturated rings. The third-order valence-electron chi connectivity index (χ3n) is 4.73. The summed E-state index contributed by atoms with van der Waals surface area (Å²) < 4.78 is 2.07. The van der Waals surface area contributed by atoms with E-state index in [9.17, 15) is 4.79 Å². The lowest BCUT2D eigenvalue weighted by molar-refractivity contribution is 0.236. The van der Waals surface area contributed by atoms with Gasteiger partial charge in [0.2, 0.25) is 0 Å². The molecule has 0 spiro atoms. The molecule has 1 aromatic heterocycles. The average Bonchev–Trinajstić information content (AvgIpc) is 3.02. The van der Waals surface area contributed by atoms with Gasteiger partial charge in [-0.2, -0.15) is 5.10 Å². The van der Waals surface area contributed by atoms with Gasteiger partial charge >= 0.3 is 6.03 Å². The molecule has 1 saturated carbocycles. The molecule has 1 heterocycles. The number of nitrogens with one attached hydrogen (secondary N) is 2. The zero-order chi connectivity index (χ0) is 16.9. The number of urea groups is 1. The standard InChI is InChI=1S/C19H26N4O/c1-3-15-5-4-6-17(11-15)22-19(24)21-16-7-9-18(10-8-16)23-13-14(2)12-20-23/h4-6,11-13,16,18H,3,7-10H2,1-2H3,(H2,21,22,24). The van der Waals surface area contributed by atoms with E-state index in [1.807, 2.05) is 24.4 Å². The van der Waals surface area contributed by atoms with E-state index in [1.165, 1.54) is 11.1 Å². The SMILES string of the molecule is CCc1cccc(NC(=O)NC2CCC(n3cc(C)cn3)CC2)c1. The number of hydrogen-bond acceptors (Lipinski definition) is 2. The summed E-state index contributed by atoms with van der Waals surface area (Å²) in [6.07, 6.45) is 9.06. The summed E-state index contributed by atoms with van der Waals surface area (Å²) in [4.78, 5) is 12.2. The minimum Gasteiger partial charge on any atom is -0.335 e. The first kappa shape index (κ1) is 16.6. The van der Waals surface area contributed by atoms with E-state index in [-0.39, 0.29) is 12.1 Å². The minimum absolute atomic E-state index is 0.110. The van der Waals surface area contributed by atoms with Crippen molar-refractivity contribution in [3.63, 3.8) is 0 Å². The van der Waals surface area contributed by atoms with Crippen molar-refractivity contribution >= 4 is 11.7 Å². The number of amides is 2. The zero-order valence-corrected chi connectivity index (χ0v) is 14.5. The maximum Gasteiger partial charge on any atom is 0.319 e. The molecule has 0 aliphatic heterocycles. The number of aryl methyl sites for hydroxylation is 2. The third kappa shape index (κ3) is 4.16. The van der Waals surface area contributed by atoms with Crippen LogP contribution >= 0.6 is 0 Å². The highest BCUT2D eigenvalue weighted by Crippen LogP contribution is 2.28. The van der Waals surface area contributed by atoms with Crippen LogP contribution in [0.4, 0.5) is 10.5 Å². The number of benzene rings is 1. The van der Waals surface area contributed by atoms with Gasteiger partial charge in [0.15, 0.2) is 0 Å². The maximum atomic E-state index is 12.2. The molecule has 2 amide bonds. The smallest absolute Gasteiger partial charge is 0.319 e. The molecular weight excluding hydrogens is 300 g/mol. The van der Waals surface area contributed by atoms with Crippen LogP contribution in [-0.4, -0.2) is 21.9 Å². The number of hydrogen-bond donors (Lipinski definition) is 2. The summed E-state index contributed by atoms with van der Waals surface area (Å²) >= 11 is 0. The summed E-state index contributed by atoms with van der Waals surface area (Å²) in [6, 6.07) is 8.59. The molecule has 0 saturated heterocycles. The molecule has 2 N–H and O–H groups in total. The topological polar surface area (TPSA) is 59.0 Å². The molecule has 0 bridgehead atoms. The van der Waals surface area contributed by atoms with Gasteiger partial charge in [0.05, 0.1) is 12.2 Å². The Hall–Kier alpha value is -2.30. The fourth-order valence-electron chi connectivity index (χ4n) is 3.34. The van der Waals surface area contributed by atoms with Gasteiger partial charge in [0, 0.05) is 17.9 Å². The lowest BCUT2D eigenvalue weighted by Crippen LogP contribution is -2.40. The van der Waals surface area contributed by atoms with Gasteiger partial charge in [-0.25, -0.2) is 4.79 Å². The quantitative estimate of drug-likeness (QED) is 0.890. The highest BCUT2D eigenvalue weighted by atomic mass is 16.2. The number of anilines is 1. The predicted molar refractivity (Wildman–Crippen MR) is 96.2 cm³/mol. The van der Waals surface area contributed by atoms with E-state index in [0.717, 1.165) is 37.8 Å². The first-order valence-corrected chi connectivity index (χ1v) is 8.81. The van der Waals surface area contributed by atoms with Crippen molar-refractivity contribution in [1.82, 2.24) is 15.1 Å². The Morgan fingerprint density at radius 3 is 2.75 bits per heavy atom. The molecule has 2 aromatic rings. The van der Waals surface area contributed by atoms with Crippen LogP contribution in [0.25, 0.3) is 0 Å². The van der Waals surface area contributed by atoms with E-state index in [4.69, 9.17) is 0 Å². The highest BCUT2D eigenvalue weighted by Gasteiger charge is 2.23. The van der Waals surface area contributed by atoms with Gasteiger partial charge < -0.3 is 10.6 Å². The van der Waals surface area contributed by atoms with Crippen molar-refractivity contribution in [2.24, 2.45) is 0 Å². The third-order valence-corrected chi connectivity index (χ3v) is 4.73. The van der Waals surface area contributed by atoms with Crippen molar-refractivity contribution in [2.75, 3.05) is 5.32 Å². The normalized spacial score (nSPS) is 20.6. The molecular formula is C19H26N4O. The van der Waals surface area contributed by atoms with E-state index in [2.05, 4.69) is 46.5 Å². The molecule has 128 valence electrons. The van der Waals surface area contributed by atoms with Gasteiger partial charge in [-0.05, 0) is 62.3 Å². The zero-order valence-electron chi connectivity index (χ0n) is 14.5. The summed E-state index contributed by atoms with van der Waals surface area (Å²) in [5, 5.41) is 10.5. The van der Waals surface area contributed by atoms with Crippen molar-refractivity contribution in [2.45, 2.75) is 58.0 Å². The van der Waals surface area contributed by atoms with Crippen LogP contribution in [-0.2, 0) is 6.42 Å². The molecule has 0 unspecified atom stereocenters. The first-order chi connectivity index (χ1) is 11.6. The lowest BCUT2D eigenvalue weighted by atomic mass is 9.91. The van der Waals surface area contributed by atoms with Crippen LogP contribution < -0.4 is 10.6 Å². The second-order valence-electron chi connectivity index (χ2n) is 6.66. The largest absolute Gasteiger partial charge is 0.335 e. The van der Waals surface area contributed by atoms with E-state index in [1.54, 1.807) is 0 Å². The van der Waals surface area contributed by atoms with Gasteiger partial charge in [-0.15, -0.1) is 0 Å². The second kappa shape index (κ2) is 7.51. The summed E-state index contributed by atoms with van der Waals surface area (Å²) in [7, 11) is 0. The summed E-state index contributed by atoms with van der Waals surface area (Å²) in [5.74, 6) is 0. The van der Waals surface area contributed by atoms with Crippen molar-refractivity contribution < 1.29 is 4.79 Å². The molecule has 1 aliphatic rings. The van der Waals surface area contributed by atoms with E-state index < -0.39 is 0 Å². The number of carbonyl (C=O) groups excluding carboxylic acids is 1. The summed E-state index contributed by atoms with van der Waals surface area (Å²) in [6.45, 7) is 4.17. The summed E-state index contributed by atoms with van der Waals surface area (Å²) in [5.41, 5.74) is 3.28. The molecule has 1 aliphatic carbocycles. The predicted octanol–water partition coefficient (Wildman–Crippen LogP) is 4.06. The minimum atomic E-state index is -0.110. The fourth-order valence-corrected chi connectivity index (χ4v) is 3.34. The van der Waals surface area contributed by atoms with Gasteiger partial charge in [0.25, 0.3) is 0 Å². The Bertz CT molecular complexity index is 686. The van der Waals surface area contributed by atoms with Crippen LogP contribution in [0.1, 0.15) is 49.8 Å². The van der Waals surface area contributed by atoms with E-state index >= 15 is 0 Å². The fraction of sp³-hybridized carbons (Fsp3) is 0.474. The number of carbonyl (C=O) groups is 1. The highest BCUT2D eigenvalue weighted by molar-refractivity contribution is 5.89. The van der Waals surface area contributed by atoms with Crippen LogP contribution in [0.5, 0.6) is 0 Å². The van der Waals surface area contributed by atoms with E-state index in [0.29, 0.717) is 6.04 Å². The van der Waals surface area contributed by atoms with Gasteiger partial charge in [-0.3, -0.25) is 4.68 Å². The van der Waals surface area contributed by atoms with Crippen molar-refractivity contribution in [1.29, 1.82) is 0 Å². The number of aromatic nitrogens is 2. The molecule has 24 heavy (non-hydrogen) atoms. The van der Waals surface area contributed by atoms with Crippen LogP contribution in [0.2, 0.25) is 0 Å². The molecule has 5 heteroatoms. The van der Waals surface area contributed by atoms with Crippen molar-refractivity contribution in [3.8, 4) is 0 Å². The number of nitrogens with zero attached hydrogens (tertiary/aromatic N) is 2. The Balaban J connectivity index is 1.47. The molecule has 0 atom stereocenters. The van der Waals surface area contributed by atoms with Crippen LogP contribution in [0.15, 0.2) is 36.7 Å². The molecule has 0 radical (unpaired) electrons. The average molecular weight is 326 g/mol.